The number of fused-ring (bicyclic) bond motifs is 1. The molecule has 0 radical (unpaired) electrons. The average molecular weight is 246 g/mol. The number of aryl methyl sites for hydroxylation is 1. The molecule has 0 fully saturated rings. The molecule has 0 bridgehead atoms. The summed E-state index contributed by atoms with van der Waals surface area (Å²) >= 11 is 0. The number of rotatable bonds is 3. The number of hydrogen-bond donors (Lipinski definition) is 2. The fraction of sp³-hybridized carbons (Fsp3) is 0.385. The zero-order valence-electron chi connectivity index (χ0n) is 10.8. The van der Waals surface area contributed by atoms with Crippen LogP contribution in [0.5, 0.6) is 0 Å². The van der Waals surface area contributed by atoms with E-state index in [0.717, 1.165) is 16.6 Å². The first kappa shape index (κ1) is 12.4. The van der Waals surface area contributed by atoms with E-state index in [2.05, 4.69) is 4.98 Å². The maximum atomic E-state index is 11.7. The Bertz CT molecular complexity index is 600. The van der Waals surface area contributed by atoms with Crippen molar-refractivity contribution >= 4 is 22.9 Å². The largest absolute Gasteiger partial charge is 0.369 e. The number of imidazole rings is 1. The highest BCUT2D eigenvalue weighted by Crippen LogP contribution is 2.29. The molecule has 2 aromatic rings. The van der Waals surface area contributed by atoms with Crippen LogP contribution >= 0.6 is 0 Å². The fourth-order valence-corrected chi connectivity index (χ4v) is 2.37. The first-order valence-corrected chi connectivity index (χ1v) is 5.95. The third kappa shape index (κ3) is 1.81. The van der Waals surface area contributed by atoms with E-state index in [-0.39, 0.29) is 11.8 Å². The first-order chi connectivity index (χ1) is 8.43. The van der Waals surface area contributed by atoms with Crippen molar-refractivity contribution in [3.05, 3.63) is 23.8 Å². The number of nitrogen functional groups attached to an aromatic ring is 1. The Hall–Kier alpha value is -2.04. The molecule has 0 aliphatic heterocycles. The molecule has 18 heavy (non-hydrogen) atoms. The Labute approximate surface area is 106 Å². The topological polar surface area (TPSA) is 86.9 Å². The lowest BCUT2D eigenvalue weighted by Crippen LogP contribution is -2.31. The van der Waals surface area contributed by atoms with Crippen molar-refractivity contribution in [1.82, 2.24) is 9.55 Å². The predicted octanol–water partition coefficient (Wildman–Crippen LogP) is 1.61. The van der Waals surface area contributed by atoms with Gasteiger partial charge >= 0.3 is 0 Å². The zero-order valence-corrected chi connectivity index (χ0v) is 10.8. The second kappa shape index (κ2) is 4.33. The monoisotopic (exact) mass is 246 g/mol. The molecule has 4 N–H and O–H groups in total. The van der Waals surface area contributed by atoms with Crippen molar-refractivity contribution in [2.75, 3.05) is 5.73 Å². The van der Waals surface area contributed by atoms with E-state index in [1.165, 1.54) is 0 Å². The third-order valence-electron chi connectivity index (χ3n) is 3.14. The van der Waals surface area contributed by atoms with Gasteiger partial charge in [-0.15, -0.1) is 0 Å². The maximum absolute atomic E-state index is 11.7. The molecule has 1 aromatic carbocycles. The molecule has 2 rings (SSSR count). The van der Waals surface area contributed by atoms with Crippen LogP contribution < -0.4 is 11.5 Å². The minimum Gasteiger partial charge on any atom is -0.369 e. The molecule has 5 heteroatoms. The molecule has 0 aliphatic rings. The van der Waals surface area contributed by atoms with Crippen molar-refractivity contribution < 1.29 is 4.79 Å². The molecule has 1 amide bonds. The minimum atomic E-state index is -0.476. The Morgan fingerprint density at radius 3 is 2.61 bits per heavy atom. The molecule has 0 spiro atoms. The predicted molar refractivity (Wildman–Crippen MR) is 72.0 cm³/mol. The van der Waals surface area contributed by atoms with Crippen LogP contribution in [0, 0.1) is 12.8 Å². The molecular weight excluding hydrogens is 228 g/mol. The lowest BCUT2D eigenvalue weighted by atomic mass is 10.0. The number of nitrogens with zero attached hydrogens (tertiary/aromatic N) is 2. The molecule has 1 atom stereocenters. The van der Waals surface area contributed by atoms with Crippen molar-refractivity contribution in [2.45, 2.75) is 26.8 Å². The number of anilines is 1. The number of carbonyl (C=O) groups is 1. The quantitative estimate of drug-likeness (QED) is 0.862. The van der Waals surface area contributed by atoms with Crippen LogP contribution in [-0.2, 0) is 4.79 Å². The summed E-state index contributed by atoms with van der Waals surface area (Å²) in [7, 11) is 0. The van der Waals surface area contributed by atoms with Gasteiger partial charge in [0.15, 0.2) is 0 Å². The lowest BCUT2D eigenvalue weighted by Gasteiger charge is -2.21. The number of carbonyl (C=O) groups excluding carboxylic acids is 1. The normalized spacial score (nSPS) is 13.1. The van der Waals surface area contributed by atoms with Crippen molar-refractivity contribution in [3.8, 4) is 0 Å². The molecule has 1 unspecified atom stereocenters. The van der Waals surface area contributed by atoms with Gasteiger partial charge in [0.1, 0.15) is 6.04 Å². The van der Waals surface area contributed by atoms with Crippen LogP contribution in [0.3, 0.4) is 0 Å². The summed E-state index contributed by atoms with van der Waals surface area (Å²) in [4.78, 5) is 16.0. The van der Waals surface area contributed by atoms with Crippen LogP contribution in [0.15, 0.2) is 18.2 Å². The molecule has 0 saturated heterocycles. The van der Waals surface area contributed by atoms with E-state index in [9.17, 15) is 4.79 Å². The Morgan fingerprint density at radius 2 is 2.06 bits per heavy atom. The molecule has 1 aromatic heterocycles. The van der Waals surface area contributed by atoms with Gasteiger partial charge in [-0.1, -0.05) is 26.0 Å². The highest BCUT2D eigenvalue weighted by molar-refractivity contribution is 5.86. The van der Waals surface area contributed by atoms with Gasteiger partial charge < -0.3 is 11.5 Å². The first-order valence-electron chi connectivity index (χ1n) is 5.95. The van der Waals surface area contributed by atoms with Gasteiger partial charge in [-0.05, 0) is 24.5 Å². The van der Waals surface area contributed by atoms with Gasteiger partial charge in [0.2, 0.25) is 11.9 Å². The number of nitrogens with two attached hydrogens (primary N) is 2. The van der Waals surface area contributed by atoms with Crippen molar-refractivity contribution in [3.63, 3.8) is 0 Å². The average Bonchev–Trinajstić information content (AvgIpc) is 2.56. The van der Waals surface area contributed by atoms with E-state index < -0.39 is 6.04 Å². The SMILES string of the molecule is Cc1cccc2nc(N)n(C(C(N)=O)C(C)C)c12. The van der Waals surface area contributed by atoms with Gasteiger partial charge in [-0.3, -0.25) is 9.36 Å². The number of aromatic nitrogens is 2. The second-order valence-corrected chi connectivity index (χ2v) is 4.87. The molecule has 0 aliphatic carbocycles. The number of benzene rings is 1. The Balaban J connectivity index is 2.76. The van der Waals surface area contributed by atoms with E-state index >= 15 is 0 Å². The molecular formula is C13H18N4O. The second-order valence-electron chi connectivity index (χ2n) is 4.87. The van der Waals surface area contributed by atoms with Crippen LogP contribution in [-0.4, -0.2) is 15.5 Å². The summed E-state index contributed by atoms with van der Waals surface area (Å²) in [6.07, 6.45) is 0. The van der Waals surface area contributed by atoms with Gasteiger partial charge in [0.25, 0.3) is 0 Å². The third-order valence-corrected chi connectivity index (χ3v) is 3.14. The maximum Gasteiger partial charge on any atom is 0.240 e. The molecule has 0 saturated carbocycles. The number of amides is 1. The summed E-state index contributed by atoms with van der Waals surface area (Å²) < 4.78 is 1.75. The molecule has 96 valence electrons. The molecule has 1 heterocycles. The number of para-hydroxylation sites is 1. The van der Waals surface area contributed by atoms with E-state index in [1.807, 2.05) is 39.0 Å². The van der Waals surface area contributed by atoms with E-state index in [1.54, 1.807) is 4.57 Å². The molecule has 5 nitrogen and oxygen atoms in total. The van der Waals surface area contributed by atoms with E-state index in [0.29, 0.717) is 5.95 Å². The Morgan fingerprint density at radius 1 is 1.39 bits per heavy atom. The van der Waals surface area contributed by atoms with Gasteiger partial charge in [0, 0.05) is 0 Å². The standard InChI is InChI=1S/C13H18N4O/c1-7(2)10(12(14)18)17-11-8(3)5-4-6-9(11)16-13(17)15/h4-7,10H,1-3H3,(H2,14,18)(H2,15,16). The summed E-state index contributed by atoms with van der Waals surface area (Å²) in [5, 5.41) is 0. The fourth-order valence-electron chi connectivity index (χ4n) is 2.37. The summed E-state index contributed by atoms with van der Waals surface area (Å²) in [5.41, 5.74) is 14.1. The lowest BCUT2D eigenvalue weighted by molar-refractivity contribution is -0.122. The summed E-state index contributed by atoms with van der Waals surface area (Å²) in [6, 6.07) is 5.30. The highest BCUT2D eigenvalue weighted by atomic mass is 16.1. The van der Waals surface area contributed by atoms with Gasteiger partial charge in [-0.2, -0.15) is 0 Å². The van der Waals surface area contributed by atoms with Crippen LogP contribution in [0.1, 0.15) is 25.5 Å². The van der Waals surface area contributed by atoms with E-state index in [4.69, 9.17) is 11.5 Å². The van der Waals surface area contributed by atoms with Gasteiger partial charge in [-0.25, -0.2) is 4.98 Å². The van der Waals surface area contributed by atoms with Gasteiger partial charge in [0.05, 0.1) is 11.0 Å². The van der Waals surface area contributed by atoms with Crippen LogP contribution in [0.2, 0.25) is 0 Å². The van der Waals surface area contributed by atoms with Crippen molar-refractivity contribution in [2.24, 2.45) is 11.7 Å². The minimum absolute atomic E-state index is 0.0572. The Kier molecular flexibility index (Phi) is 2.98. The zero-order chi connectivity index (χ0) is 13.4. The van der Waals surface area contributed by atoms with Crippen LogP contribution in [0.25, 0.3) is 11.0 Å². The number of primary amides is 1. The smallest absolute Gasteiger partial charge is 0.240 e. The summed E-state index contributed by atoms with van der Waals surface area (Å²) in [5.74, 6) is -0.00198. The van der Waals surface area contributed by atoms with Crippen LogP contribution in [0.4, 0.5) is 5.95 Å². The van der Waals surface area contributed by atoms with Crippen molar-refractivity contribution in [1.29, 1.82) is 0 Å². The number of hydrogen-bond acceptors (Lipinski definition) is 3. The summed E-state index contributed by atoms with van der Waals surface area (Å²) in [6.45, 7) is 5.86. The highest BCUT2D eigenvalue weighted by Gasteiger charge is 2.26.